The molecular formula is C11H14N4O6. The van der Waals surface area contributed by atoms with Crippen molar-refractivity contribution in [3.05, 3.63) is 22.5 Å². The van der Waals surface area contributed by atoms with Gasteiger partial charge in [-0.15, -0.1) is 0 Å². The van der Waals surface area contributed by atoms with Crippen LogP contribution in [-0.4, -0.2) is 71.4 Å². The summed E-state index contributed by atoms with van der Waals surface area (Å²) < 4.78 is 5.34. The Kier molecular flexibility index (Phi) is 3.47. The first-order valence-corrected chi connectivity index (χ1v) is 6.26. The molecule has 10 nitrogen and oxygen atoms in total. The van der Waals surface area contributed by atoms with Crippen molar-refractivity contribution < 1.29 is 25.2 Å². The summed E-state index contributed by atoms with van der Waals surface area (Å²) in [4.78, 5) is 24.5. The minimum Gasteiger partial charge on any atom is -0.394 e. The maximum absolute atomic E-state index is 11.6. The van der Waals surface area contributed by atoms with E-state index < -0.39 is 42.7 Å². The first-order valence-electron chi connectivity index (χ1n) is 6.26. The summed E-state index contributed by atoms with van der Waals surface area (Å²) >= 11 is 0. The van der Waals surface area contributed by atoms with Gasteiger partial charge >= 0.3 is 0 Å². The molecule has 1 aliphatic heterocycles. The zero-order chi connectivity index (χ0) is 15.1. The highest BCUT2D eigenvalue weighted by Crippen LogP contribution is 2.31. The minimum absolute atomic E-state index is 0.0751. The van der Waals surface area contributed by atoms with Crippen LogP contribution in [0.4, 0.5) is 0 Å². The third-order valence-electron chi connectivity index (χ3n) is 3.47. The number of rotatable bonds is 2. The number of nitrogens with one attached hydrogen (secondary N) is 2. The van der Waals surface area contributed by atoms with Gasteiger partial charge in [-0.25, -0.2) is 9.97 Å². The van der Waals surface area contributed by atoms with Crippen LogP contribution in [0, 0.1) is 0 Å². The second-order valence-electron chi connectivity index (χ2n) is 4.80. The normalized spacial score (nSPS) is 33.4. The summed E-state index contributed by atoms with van der Waals surface area (Å²) in [6.45, 7) is -0.541. The van der Waals surface area contributed by atoms with Gasteiger partial charge in [-0.1, -0.05) is 0 Å². The summed E-state index contributed by atoms with van der Waals surface area (Å²) in [5, 5.41) is 38.6. The molecule has 0 aromatic carbocycles. The van der Waals surface area contributed by atoms with E-state index in [4.69, 9.17) is 9.84 Å². The van der Waals surface area contributed by atoms with Crippen LogP contribution in [0.3, 0.4) is 0 Å². The molecule has 3 rings (SSSR count). The summed E-state index contributed by atoms with van der Waals surface area (Å²) in [7, 11) is 0. The van der Waals surface area contributed by atoms with E-state index in [9.17, 15) is 20.1 Å². The highest BCUT2D eigenvalue weighted by molar-refractivity contribution is 5.68. The van der Waals surface area contributed by atoms with Crippen molar-refractivity contribution in [1.82, 2.24) is 19.9 Å². The van der Waals surface area contributed by atoms with Gasteiger partial charge in [0.25, 0.3) is 5.56 Å². The number of nitrogens with zero attached hydrogens (tertiary/aromatic N) is 2. The van der Waals surface area contributed by atoms with Gasteiger partial charge in [0.15, 0.2) is 11.2 Å². The molecule has 0 spiro atoms. The maximum atomic E-state index is 11.6. The van der Waals surface area contributed by atoms with Crippen LogP contribution >= 0.6 is 0 Å². The van der Waals surface area contributed by atoms with Crippen molar-refractivity contribution in [2.45, 2.75) is 30.5 Å². The Morgan fingerprint density at radius 2 is 2.00 bits per heavy atom. The van der Waals surface area contributed by atoms with Gasteiger partial charge in [-0.05, 0) is 0 Å². The fourth-order valence-corrected chi connectivity index (χ4v) is 2.32. The molecule has 0 amide bonds. The molecule has 10 heteroatoms. The summed E-state index contributed by atoms with van der Waals surface area (Å²) in [6.07, 6.45) is -5.43. The molecule has 1 aliphatic rings. The first kappa shape index (κ1) is 14.1. The van der Waals surface area contributed by atoms with Crippen molar-refractivity contribution in [2.24, 2.45) is 0 Å². The summed E-state index contributed by atoms with van der Waals surface area (Å²) in [5.74, 6) is 0.0751. The van der Waals surface area contributed by atoms with E-state index in [1.807, 2.05) is 0 Å². The number of hydrogen-bond acceptors (Lipinski definition) is 8. The Labute approximate surface area is 117 Å². The van der Waals surface area contributed by atoms with Crippen molar-refractivity contribution >= 4 is 11.2 Å². The Hall–Kier alpha value is -1.85. The Bertz CT molecular complexity index is 697. The lowest BCUT2D eigenvalue weighted by Crippen LogP contribution is -2.55. The molecule has 3 heterocycles. The van der Waals surface area contributed by atoms with Gasteiger partial charge < -0.3 is 35.1 Å². The van der Waals surface area contributed by atoms with Gasteiger partial charge in [0.2, 0.25) is 0 Å². The van der Waals surface area contributed by atoms with E-state index in [2.05, 4.69) is 19.9 Å². The predicted molar refractivity (Wildman–Crippen MR) is 67.2 cm³/mol. The third-order valence-corrected chi connectivity index (χ3v) is 3.47. The molecule has 0 saturated carbocycles. The molecule has 2 aromatic heterocycles. The third kappa shape index (κ3) is 2.22. The molecule has 1 unspecified atom stereocenters. The summed E-state index contributed by atoms with van der Waals surface area (Å²) in [6, 6.07) is 0. The van der Waals surface area contributed by atoms with Crippen LogP contribution in [0.2, 0.25) is 0 Å². The van der Waals surface area contributed by atoms with E-state index >= 15 is 0 Å². The zero-order valence-corrected chi connectivity index (χ0v) is 10.7. The van der Waals surface area contributed by atoms with Gasteiger partial charge in [-0.3, -0.25) is 4.79 Å². The average Bonchev–Trinajstić information content (AvgIpc) is 2.90. The minimum atomic E-state index is -1.51. The van der Waals surface area contributed by atoms with Crippen LogP contribution in [0.1, 0.15) is 11.9 Å². The second-order valence-corrected chi connectivity index (χ2v) is 4.80. The Morgan fingerprint density at radius 3 is 2.67 bits per heavy atom. The van der Waals surface area contributed by atoms with Gasteiger partial charge in [0.05, 0.1) is 12.9 Å². The highest BCUT2D eigenvalue weighted by atomic mass is 16.5. The molecule has 114 valence electrons. The second kappa shape index (κ2) is 5.16. The molecule has 6 N–H and O–H groups in total. The Morgan fingerprint density at radius 1 is 1.24 bits per heavy atom. The number of aliphatic hydroxyl groups is 4. The number of aliphatic hydroxyl groups excluding tert-OH is 4. The van der Waals surface area contributed by atoms with Gasteiger partial charge in [-0.2, -0.15) is 0 Å². The van der Waals surface area contributed by atoms with Crippen LogP contribution in [0.5, 0.6) is 0 Å². The molecule has 1 fully saturated rings. The predicted octanol–water partition coefficient (Wildman–Crippen LogP) is -2.84. The van der Waals surface area contributed by atoms with E-state index in [1.165, 1.54) is 6.33 Å². The number of imidazole rings is 1. The lowest BCUT2D eigenvalue weighted by atomic mass is 9.95. The molecule has 0 bridgehead atoms. The number of ether oxygens (including phenoxy) is 1. The zero-order valence-electron chi connectivity index (χ0n) is 10.7. The van der Waals surface area contributed by atoms with E-state index in [0.717, 1.165) is 0 Å². The van der Waals surface area contributed by atoms with Crippen LogP contribution in [-0.2, 0) is 4.74 Å². The van der Waals surface area contributed by atoms with E-state index in [-0.39, 0.29) is 17.0 Å². The van der Waals surface area contributed by atoms with Crippen molar-refractivity contribution in [2.75, 3.05) is 6.61 Å². The number of H-pyrrole nitrogens is 2. The maximum Gasteiger partial charge on any atom is 0.276 e. The van der Waals surface area contributed by atoms with Crippen LogP contribution in [0.15, 0.2) is 11.1 Å². The summed E-state index contributed by atoms with van der Waals surface area (Å²) in [5.41, 5.74) is -0.210. The largest absolute Gasteiger partial charge is 0.394 e. The SMILES string of the molecule is O=c1[nH]cnc2nc(C3O[C@H](CO)[C@@H](O)[C@H](O)[C@H]3O)[nH]c12. The van der Waals surface area contributed by atoms with E-state index in [0.29, 0.717) is 0 Å². The van der Waals surface area contributed by atoms with Crippen molar-refractivity contribution in [3.63, 3.8) is 0 Å². The quantitative estimate of drug-likeness (QED) is 0.345. The molecule has 1 saturated heterocycles. The topological polar surface area (TPSA) is 165 Å². The van der Waals surface area contributed by atoms with E-state index in [1.54, 1.807) is 0 Å². The monoisotopic (exact) mass is 298 g/mol. The molecule has 2 aromatic rings. The lowest BCUT2D eigenvalue weighted by molar-refractivity contribution is -0.233. The fourth-order valence-electron chi connectivity index (χ4n) is 2.32. The number of hydrogen-bond donors (Lipinski definition) is 6. The standard InChI is InChI=1S/C11H14N4O6/c16-1-3-5(17)6(18)7(19)8(21-3)10-14-4-9(15-10)12-2-13-11(4)20/h2-3,5-8,16-19H,1H2,(H2,12,13,14,15,20)/t3-,5-,6+,7-,8?/m1/s1. The van der Waals surface area contributed by atoms with Crippen molar-refractivity contribution in [3.8, 4) is 0 Å². The number of fused-ring (bicyclic) bond motifs is 1. The number of aromatic amines is 2. The van der Waals surface area contributed by atoms with Crippen LogP contribution in [0.25, 0.3) is 11.2 Å². The smallest absolute Gasteiger partial charge is 0.276 e. The van der Waals surface area contributed by atoms with Crippen molar-refractivity contribution in [1.29, 1.82) is 0 Å². The first-order chi connectivity index (χ1) is 10.0. The molecular weight excluding hydrogens is 284 g/mol. The fraction of sp³-hybridized carbons (Fsp3) is 0.545. The molecule has 0 radical (unpaired) electrons. The molecule has 0 aliphatic carbocycles. The molecule has 21 heavy (non-hydrogen) atoms. The Balaban J connectivity index is 2.00. The highest BCUT2D eigenvalue weighted by Gasteiger charge is 2.45. The van der Waals surface area contributed by atoms with Gasteiger partial charge in [0, 0.05) is 0 Å². The average molecular weight is 298 g/mol. The number of aromatic nitrogens is 4. The van der Waals surface area contributed by atoms with Crippen LogP contribution < -0.4 is 5.56 Å². The lowest BCUT2D eigenvalue weighted by Gasteiger charge is -2.39. The van der Waals surface area contributed by atoms with Gasteiger partial charge in [0.1, 0.15) is 36.3 Å². The molecule has 5 atom stereocenters.